The summed E-state index contributed by atoms with van der Waals surface area (Å²) >= 11 is 1.09. The molecule has 4 rings (SSSR count). The quantitative estimate of drug-likeness (QED) is 0.630. The van der Waals surface area contributed by atoms with Crippen molar-refractivity contribution >= 4 is 39.3 Å². The fraction of sp³-hybridized carbons (Fsp3) is 0.190. The van der Waals surface area contributed by atoms with Gasteiger partial charge in [-0.25, -0.2) is 9.18 Å². The molecule has 0 spiro atoms. The number of carbonyl (C=O) groups is 3. The number of thiophene rings is 1. The van der Waals surface area contributed by atoms with Crippen molar-refractivity contribution in [3.05, 3.63) is 70.9 Å². The standard InChI is InChI=1S/C21H18FN3O3S/c1-21(11-10-13-6-3-2-4-7-13)19(27)25(20(28)23-21)24-18(26)17-12-14-15(22)8-5-9-16(14)29-17/h2-9,12H,10-11H2,1H3,(H,23,28)(H,24,26). The predicted molar refractivity (Wildman–Crippen MR) is 108 cm³/mol. The number of halogens is 1. The largest absolute Gasteiger partial charge is 0.344 e. The second kappa shape index (κ2) is 7.29. The van der Waals surface area contributed by atoms with Crippen LogP contribution in [0.25, 0.3) is 10.1 Å². The molecule has 8 heteroatoms. The highest BCUT2D eigenvalue weighted by Gasteiger charge is 2.48. The van der Waals surface area contributed by atoms with Crippen LogP contribution >= 0.6 is 11.3 Å². The number of nitrogens with one attached hydrogen (secondary N) is 2. The van der Waals surface area contributed by atoms with Crippen LogP contribution in [-0.4, -0.2) is 28.4 Å². The number of urea groups is 1. The molecule has 0 radical (unpaired) electrons. The van der Waals surface area contributed by atoms with Gasteiger partial charge in [0.15, 0.2) is 0 Å². The maximum Gasteiger partial charge on any atom is 0.344 e. The third-order valence-corrected chi connectivity index (χ3v) is 6.06. The van der Waals surface area contributed by atoms with Crippen LogP contribution in [-0.2, 0) is 11.2 Å². The molecule has 2 N–H and O–H groups in total. The molecule has 1 fully saturated rings. The minimum absolute atomic E-state index is 0.212. The third kappa shape index (κ3) is 3.58. The summed E-state index contributed by atoms with van der Waals surface area (Å²) in [5, 5.41) is 3.69. The van der Waals surface area contributed by atoms with Crippen molar-refractivity contribution in [3.63, 3.8) is 0 Å². The van der Waals surface area contributed by atoms with Crippen LogP contribution in [0.2, 0.25) is 0 Å². The average Bonchev–Trinajstić information content (AvgIpc) is 3.24. The Bertz CT molecular complexity index is 1110. The molecule has 1 aromatic heterocycles. The maximum absolute atomic E-state index is 13.9. The molecule has 6 nitrogen and oxygen atoms in total. The molecule has 3 aromatic rings. The van der Waals surface area contributed by atoms with Crippen molar-refractivity contribution < 1.29 is 18.8 Å². The Hall–Kier alpha value is -3.26. The van der Waals surface area contributed by atoms with Crippen LogP contribution in [0.1, 0.15) is 28.6 Å². The SMILES string of the molecule is CC1(CCc2ccccc2)NC(=O)N(NC(=O)c2cc3c(F)cccc3s2)C1=O. The van der Waals surface area contributed by atoms with E-state index in [1.807, 2.05) is 30.3 Å². The van der Waals surface area contributed by atoms with Crippen LogP contribution in [0.5, 0.6) is 0 Å². The number of fused-ring (bicyclic) bond motifs is 1. The maximum atomic E-state index is 13.9. The molecule has 0 saturated carbocycles. The highest BCUT2D eigenvalue weighted by molar-refractivity contribution is 7.20. The van der Waals surface area contributed by atoms with E-state index < -0.39 is 29.2 Å². The monoisotopic (exact) mass is 411 g/mol. The lowest BCUT2D eigenvalue weighted by Crippen LogP contribution is -2.48. The van der Waals surface area contributed by atoms with E-state index in [1.165, 1.54) is 12.1 Å². The number of hydrazine groups is 1. The van der Waals surface area contributed by atoms with Crippen LogP contribution in [0.3, 0.4) is 0 Å². The Morgan fingerprint density at radius 2 is 1.93 bits per heavy atom. The molecule has 1 saturated heterocycles. The minimum Gasteiger partial charge on any atom is -0.322 e. The van der Waals surface area contributed by atoms with Crippen molar-refractivity contribution in [1.29, 1.82) is 0 Å². The molecule has 1 unspecified atom stereocenters. The smallest absolute Gasteiger partial charge is 0.322 e. The minimum atomic E-state index is -1.12. The summed E-state index contributed by atoms with van der Waals surface area (Å²) < 4.78 is 14.5. The summed E-state index contributed by atoms with van der Waals surface area (Å²) in [4.78, 5) is 37.9. The third-order valence-electron chi connectivity index (χ3n) is 4.96. The lowest BCUT2D eigenvalue weighted by atomic mass is 9.93. The van der Waals surface area contributed by atoms with E-state index >= 15 is 0 Å². The summed E-state index contributed by atoms with van der Waals surface area (Å²) in [6.07, 6.45) is 0.989. The van der Waals surface area contributed by atoms with Gasteiger partial charge in [0.1, 0.15) is 11.4 Å². The molecular weight excluding hydrogens is 393 g/mol. The number of benzene rings is 2. The molecule has 2 heterocycles. The number of imide groups is 1. The van der Waals surface area contributed by atoms with E-state index in [1.54, 1.807) is 19.1 Å². The van der Waals surface area contributed by atoms with Gasteiger partial charge in [0.25, 0.3) is 11.8 Å². The Morgan fingerprint density at radius 1 is 1.17 bits per heavy atom. The summed E-state index contributed by atoms with van der Waals surface area (Å²) in [7, 11) is 0. The summed E-state index contributed by atoms with van der Waals surface area (Å²) in [6.45, 7) is 1.64. The van der Waals surface area contributed by atoms with Crippen LogP contribution in [0, 0.1) is 5.82 Å². The molecule has 1 aliphatic heterocycles. The van der Waals surface area contributed by atoms with Gasteiger partial charge in [-0.05, 0) is 43.5 Å². The summed E-state index contributed by atoms with van der Waals surface area (Å²) in [5.74, 6) is -1.60. The second-order valence-corrected chi connectivity index (χ2v) is 8.18. The first-order valence-electron chi connectivity index (χ1n) is 9.07. The first kappa shape index (κ1) is 19.1. The zero-order chi connectivity index (χ0) is 20.6. The van der Waals surface area contributed by atoms with Gasteiger partial charge in [0.05, 0.1) is 4.88 Å². The zero-order valence-corrected chi connectivity index (χ0v) is 16.4. The van der Waals surface area contributed by atoms with E-state index in [0.29, 0.717) is 27.9 Å². The van der Waals surface area contributed by atoms with Crippen LogP contribution in [0.15, 0.2) is 54.6 Å². The van der Waals surface area contributed by atoms with E-state index in [9.17, 15) is 18.8 Å². The van der Waals surface area contributed by atoms with Gasteiger partial charge in [-0.2, -0.15) is 5.01 Å². The fourth-order valence-corrected chi connectivity index (χ4v) is 4.25. The number of rotatable bonds is 5. The van der Waals surface area contributed by atoms with Gasteiger partial charge < -0.3 is 5.32 Å². The predicted octanol–water partition coefficient (Wildman–Crippen LogP) is 3.63. The zero-order valence-electron chi connectivity index (χ0n) is 15.6. The molecule has 4 amide bonds. The Kier molecular flexibility index (Phi) is 4.79. The van der Waals surface area contributed by atoms with Gasteiger partial charge in [0.2, 0.25) is 0 Å². The van der Waals surface area contributed by atoms with Crippen LogP contribution < -0.4 is 10.7 Å². The Morgan fingerprint density at radius 3 is 2.66 bits per heavy atom. The molecule has 0 bridgehead atoms. The van der Waals surface area contributed by atoms with E-state index in [2.05, 4.69) is 10.7 Å². The highest BCUT2D eigenvalue weighted by atomic mass is 32.1. The van der Waals surface area contributed by atoms with E-state index in [-0.39, 0.29) is 4.88 Å². The lowest BCUT2D eigenvalue weighted by Gasteiger charge is -2.21. The molecule has 148 valence electrons. The number of aryl methyl sites for hydroxylation is 1. The Labute approximate surface area is 170 Å². The van der Waals surface area contributed by atoms with Gasteiger partial charge in [-0.3, -0.25) is 15.0 Å². The highest BCUT2D eigenvalue weighted by Crippen LogP contribution is 2.28. The molecule has 2 aromatic carbocycles. The number of nitrogens with zero attached hydrogens (tertiary/aromatic N) is 1. The van der Waals surface area contributed by atoms with Gasteiger partial charge in [-0.1, -0.05) is 36.4 Å². The second-order valence-electron chi connectivity index (χ2n) is 7.09. The molecule has 1 atom stereocenters. The number of hydrogen-bond acceptors (Lipinski definition) is 4. The van der Waals surface area contributed by atoms with Crippen molar-refractivity contribution in [3.8, 4) is 0 Å². The number of hydrogen-bond donors (Lipinski definition) is 2. The van der Waals surface area contributed by atoms with Gasteiger partial charge in [0, 0.05) is 10.1 Å². The van der Waals surface area contributed by atoms with Gasteiger partial charge in [-0.15, -0.1) is 11.3 Å². The van der Waals surface area contributed by atoms with Crippen LogP contribution in [0.4, 0.5) is 9.18 Å². The average molecular weight is 411 g/mol. The molecular formula is C21H18FN3O3S. The molecule has 0 aliphatic carbocycles. The summed E-state index contributed by atoms with van der Waals surface area (Å²) in [6, 6.07) is 14.9. The number of amides is 4. The van der Waals surface area contributed by atoms with Crippen molar-refractivity contribution in [1.82, 2.24) is 15.8 Å². The fourth-order valence-electron chi connectivity index (χ4n) is 3.29. The molecule has 1 aliphatic rings. The normalized spacial score (nSPS) is 18.9. The lowest BCUT2D eigenvalue weighted by molar-refractivity contribution is -0.132. The number of carbonyl (C=O) groups excluding carboxylic acids is 3. The van der Waals surface area contributed by atoms with Gasteiger partial charge >= 0.3 is 6.03 Å². The van der Waals surface area contributed by atoms with E-state index in [4.69, 9.17) is 0 Å². The Balaban J connectivity index is 1.48. The summed E-state index contributed by atoms with van der Waals surface area (Å²) in [5.41, 5.74) is 2.28. The first-order chi connectivity index (χ1) is 13.9. The first-order valence-corrected chi connectivity index (χ1v) is 9.89. The molecule has 29 heavy (non-hydrogen) atoms. The van der Waals surface area contributed by atoms with E-state index in [0.717, 1.165) is 16.9 Å². The van der Waals surface area contributed by atoms with Crippen molar-refractivity contribution in [2.24, 2.45) is 0 Å². The van der Waals surface area contributed by atoms with Crippen molar-refractivity contribution in [2.75, 3.05) is 0 Å². The van der Waals surface area contributed by atoms with Crippen molar-refractivity contribution in [2.45, 2.75) is 25.3 Å². The topological polar surface area (TPSA) is 78.5 Å².